The maximum absolute atomic E-state index is 12.7. The Morgan fingerprint density at radius 3 is 1.74 bits per heavy atom. The first kappa shape index (κ1) is 30.6. The van der Waals surface area contributed by atoms with Crippen LogP contribution in [0.1, 0.15) is 32.1 Å². The van der Waals surface area contributed by atoms with Gasteiger partial charge in [0.1, 0.15) is 18.1 Å². The van der Waals surface area contributed by atoms with Gasteiger partial charge < -0.3 is 43.4 Å². The Hall–Kier alpha value is -3.40. The van der Waals surface area contributed by atoms with Gasteiger partial charge in [-0.3, -0.25) is 28.8 Å². The highest BCUT2D eigenvalue weighted by atomic mass is 32.2. The molecule has 0 radical (unpaired) electrons. The first-order valence-corrected chi connectivity index (χ1v) is 11.3. The van der Waals surface area contributed by atoms with Crippen molar-refractivity contribution in [3.63, 3.8) is 0 Å². The fourth-order valence-corrected chi connectivity index (χ4v) is 3.04. The number of primary amides is 2. The van der Waals surface area contributed by atoms with E-state index >= 15 is 0 Å². The maximum atomic E-state index is 12.7. The third-order valence-corrected chi connectivity index (χ3v) is 4.95. The van der Waals surface area contributed by atoms with E-state index in [9.17, 15) is 38.7 Å². The summed E-state index contributed by atoms with van der Waals surface area (Å²) >= 11 is 1.32. The molecule has 0 aromatic rings. The van der Waals surface area contributed by atoms with E-state index < -0.39 is 91.3 Å². The molecule has 34 heavy (non-hydrogen) atoms. The Labute approximate surface area is 198 Å². The quantitative estimate of drug-likeness (QED) is 0.0947. The molecule has 15 nitrogen and oxygen atoms in total. The normalized spacial score (nSPS) is 14.1. The second-order valence-corrected chi connectivity index (χ2v) is 8.17. The number of nitrogens with two attached hydrogens (primary N) is 3. The van der Waals surface area contributed by atoms with E-state index in [1.54, 1.807) is 6.26 Å². The molecule has 0 aliphatic heterocycles. The lowest BCUT2D eigenvalue weighted by atomic mass is 10.1. The maximum Gasteiger partial charge on any atom is 0.326 e. The standard InChI is InChI=1S/C18H30N6O9S/c1-34-5-4-9(16(30)23-10(18(32)33)2-3-14(27)28)22-17(31)11(7-13(21)26)24-15(29)8(19)6-12(20)25/h8-11H,2-7,19H2,1H3,(H2,20,25)(H2,21,26)(H,22,31)(H,23,30)(H,24,29)(H,27,28)(H,32,33). The molecule has 0 saturated carbocycles. The summed E-state index contributed by atoms with van der Waals surface area (Å²) in [4.78, 5) is 81.9. The molecule has 0 heterocycles. The van der Waals surface area contributed by atoms with Gasteiger partial charge in [0.25, 0.3) is 0 Å². The predicted molar refractivity (Wildman–Crippen MR) is 119 cm³/mol. The zero-order valence-corrected chi connectivity index (χ0v) is 19.3. The van der Waals surface area contributed by atoms with Crippen molar-refractivity contribution >= 4 is 53.2 Å². The summed E-state index contributed by atoms with van der Waals surface area (Å²) in [7, 11) is 0. The Morgan fingerprint density at radius 1 is 0.765 bits per heavy atom. The summed E-state index contributed by atoms with van der Waals surface area (Å²) in [6.45, 7) is 0. The fraction of sp³-hybridized carbons (Fsp3) is 0.611. The number of carboxylic acids is 2. The van der Waals surface area contributed by atoms with Crippen molar-refractivity contribution in [1.29, 1.82) is 0 Å². The number of rotatable bonds is 17. The van der Waals surface area contributed by atoms with Crippen LogP contribution in [0.15, 0.2) is 0 Å². The number of carbonyl (C=O) groups excluding carboxylic acids is 5. The molecule has 4 unspecified atom stereocenters. The van der Waals surface area contributed by atoms with Crippen LogP contribution >= 0.6 is 11.8 Å². The lowest BCUT2D eigenvalue weighted by molar-refractivity contribution is -0.143. The molecule has 4 atom stereocenters. The Morgan fingerprint density at radius 2 is 1.26 bits per heavy atom. The van der Waals surface area contributed by atoms with Gasteiger partial charge >= 0.3 is 11.9 Å². The summed E-state index contributed by atoms with van der Waals surface area (Å²) in [6.07, 6.45) is -0.325. The van der Waals surface area contributed by atoms with Gasteiger partial charge in [-0.05, 0) is 24.9 Å². The smallest absolute Gasteiger partial charge is 0.326 e. The molecule has 16 heteroatoms. The van der Waals surface area contributed by atoms with Crippen LogP contribution in [-0.4, -0.2) is 87.9 Å². The zero-order valence-electron chi connectivity index (χ0n) is 18.4. The topological polar surface area (TPSA) is 274 Å². The van der Waals surface area contributed by atoms with Gasteiger partial charge in [-0.2, -0.15) is 11.8 Å². The van der Waals surface area contributed by atoms with Gasteiger partial charge in [-0.1, -0.05) is 0 Å². The van der Waals surface area contributed by atoms with Crippen LogP contribution in [0.5, 0.6) is 0 Å². The molecule has 192 valence electrons. The molecule has 0 aromatic heterocycles. The number of thioether (sulfide) groups is 1. The SMILES string of the molecule is CSCCC(NC(=O)C(CC(N)=O)NC(=O)C(N)CC(N)=O)C(=O)NC(CCC(=O)O)C(=O)O. The van der Waals surface area contributed by atoms with E-state index in [1.807, 2.05) is 0 Å². The van der Waals surface area contributed by atoms with Crippen LogP contribution in [0, 0.1) is 0 Å². The summed E-state index contributed by atoms with van der Waals surface area (Å²) < 4.78 is 0. The van der Waals surface area contributed by atoms with E-state index in [0.29, 0.717) is 5.75 Å². The highest BCUT2D eigenvalue weighted by molar-refractivity contribution is 7.98. The average Bonchev–Trinajstić information content (AvgIpc) is 2.71. The van der Waals surface area contributed by atoms with Crippen LogP contribution < -0.4 is 33.2 Å². The van der Waals surface area contributed by atoms with Crippen molar-refractivity contribution in [2.75, 3.05) is 12.0 Å². The number of nitrogens with one attached hydrogen (secondary N) is 3. The molecule has 5 amide bonds. The van der Waals surface area contributed by atoms with Gasteiger partial charge in [-0.15, -0.1) is 0 Å². The number of carbonyl (C=O) groups is 7. The number of carboxylic acid groups (broad SMARTS) is 2. The lowest BCUT2D eigenvalue weighted by Gasteiger charge is -2.24. The van der Waals surface area contributed by atoms with Gasteiger partial charge in [0, 0.05) is 6.42 Å². The van der Waals surface area contributed by atoms with Crippen LogP contribution in [0.2, 0.25) is 0 Å². The second-order valence-electron chi connectivity index (χ2n) is 7.18. The van der Waals surface area contributed by atoms with Crippen LogP contribution in [0.4, 0.5) is 0 Å². The van der Waals surface area contributed by atoms with Crippen molar-refractivity contribution in [2.24, 2.45) is 17.2 Å². The van der Waals surface area contributed by atoms with E-state index in [1.165, 1.54) is 11.8 Å². The van der Waals surface area contributed by atoms with Gasteiger partial charge in [0.15, 0.2) is 0 Å². The van der Waals surface area contributed by atoms with Gasteiger partial charge in [0.2, 0.25) is 29.5 Å². The number of hydrogen-bond donors (Lipinski definition) is 8. The summed E-state index contributed by atoms with van der Waals surface area (Å²) in [5.74, 6) is -7.06. The third-order valence-electron chi connectivity index (χ3n) is 4.30. The second kappa shape index (κ2) is 15.4. The molecule has 0 aliphatic rings. The molecule has 0 fully saturated rings. The van der Waals surface area contributed by atoms with Crippen molar-refractivity contribution in [3.05, 3.63) is 0 Å². The van der Waals surface area contributed by atoms with E-state index in [-0.39, 0.29) is 6.42 Å². The molecule has 11 N–H and O–H groups in total. The van der Waals surface area contributed by atoms with E-state index in [4.69, 9.17) is 22.3 Å². The predicted octanol–water partition coefficient (Wildman–Crippen LogP) is -3.78. The highest BCUT2D eigenvalue weighted by Crippen LogP contribution is 2.06. The highest BCUT2D eigenvalue weighted by Gasteiger charge is 2.31. The van der Waals surface area contributed by atoms with Crippen molar-refractivity contribution < 1.29 is 43.8 Å². The molecular formula is C18H30N6O9S. The molecule has 0 aliphatic carbocycles. The molecule has 0 aromatic carbocycles. The minimum atomic E-state index is -1.55. The van der Waals surface area contributed by atoms with Crippen molar-refractivity contribution in [3.8, 4) is 0 Å². The molecular weight excluding hydrogens is 476 g/mol. The molecule has 0 saturated heterocycles. The molecule has 0 rings (SSSR count). The van der Waals surface area contributed by atoms with Crippen LogP contribution in [-0.2, 0) is 33.6 Å². The Kier molecular flexibility index (Phi) is 13.9. The van der Waals surface area contributed by atoms with Gasteiger partial charge in [-0.25, -0.2) is 4.79 Å². The largest absolute Gasteiger partial charge is 0.481 e. The van der Waals surface area contributed by atoms with Crippen LogP contribution in [0.25, 0.3) is 0 Å². The minimum Gasteiger partial charge on any atom is -0.481 e. The minimum absolute atomic E-state index is 0.0441. The van der Waals surface area contributed by atoms with Crippen molar-refractivity contribution in [2.45, 2.75) is 56.3 Å². The zero-order chi connectivity index (χ0) is 26.4. The van der Waals surface area contributed by atoms with E-state index in [2.05, 4.69) is 16.0 Å². The Balaban J connectivity index is 5.49. The molecule has 0 spiro atoms. The lowest BCUT2D eigenvalue weighted by Crippen LogP contribution is -2.58. The summed E-state index contributed by atoms with van der Waals surface area (Å²) in [6, 6.07) is -5.75. The van der Waals surface area contributed by atoms with E-state index in [0.717, 1.165) is 0 Å². The first-order chi connectivity index (χ1) is 15.8. The molecule has 0 bridgehead atoms. The first-order valence-electron chi connectivity index (χ1n) is 9.95. The summed E-state index contributed by atoms with van der Waals surface area (Å²) in [5, 5.41) is 24.6. The fourth-order valence-electron chi connectivity index (χ4n) is 2.57. The third kappa shape index (κ3) is 12.6. The van der Waals surface area contributed by atoms with Crippen LogP contribution in [0.3, 0.4) is 0 Å². The average molecular weight is 507 g/mol. The van der Waals surface area contributed by atoms with Gasteiger partial charge in [0.05, 0.1) is 18.9 Å². The number of hydrogen-bond acceptors (Lipinski definition) is 9. The summed E-state index contributed by atoms with van der Waals surface area (Å²) in [5.41, 5.74) is 15.6. The Bertz CT molecular complexity index is 794. The number of aliphatic carboxylic acids is 2. The van der Waals surface area contributed by atoms with Crippen molar-refractivity contribution in [1.82, 2.24) is 16.0 Å². The monoisotopic (exact) mass is 506 g/mol. The number of amides is 5.